The summed E-state index contributed by atoms with van der Waals surface area (Å²) < 4.78 is 0. The number of anilines is 1. The first-order valence-electron chi connectivity index (χ1n) is 4.39. The minimum atomic E-state index is -0.551. The Morgan fingerprint density at radius 3 is 2.88 bits per heavy atom. The number of H-pyrrole nitrogens is 2. The van der Waals surface area contributed by atoms with Gasteiger partial charge in [-0.25, -0.2) is 4.98 Å². The van der Waals surface area contributed by atoms with Crippen molar-refractivity contribution in [1.29, 1.82) is 0 Å². The number of carbonyl (C=O) groups excluding carboxylic acids is 1. The van der Waals surface area contributed by atoms with Crippen LogP contribution in [0.4, 0.5) is 5.95 Å². The van der Waals surface area contributed by atoms with Gasteiger partial charge < -0.3 is 10.1 Å². The zero-order chi connectivity index (χ0) is 11.5. The smallest absolute Gasteiger partial charge is 0.258 e. The van der Waals surface area contributed by atoms with Gasteiger partial charge >= 0.3 is 0 Å². The highest BCUT2D eigenvalue weighted by Gasteiger charge is 2.09. The van der Waals surface area contributed by atoms with E-state index in [-0.39, 0.29) is 17.4 Å². The molecule has 0 saturated carbocycles. The molecular formula is C9H8N4O3. The molecule has 1 amide bonds. The lowest BCUT2D eigenvalue weighted by molar-refractivity contribution is 0.102. The highest BCUT2D eigenvalue weighted by atomic mass is 16.3. The maximum Gasteiger partial charge on any atom is 0.258 e. The molecule has 2 rings (SSSR count). The van der Waals surface area contributed by atoms with Crippen LogP contribution in [0, 0.1) is 0 Å². The molecule has 0 aliphatic rings. The van der Waals surface area contributed by atoms with Gasteiger partial charge in [-0.15, -0.1) is 0 Å². The second-order valence-corrected chi connectivity index (χ2v) is 3.01. The van der Waals surface area contributed by atoms with Gasteiger partial charge in [0.2, 0.25) is 5.95 Å². The molecule has 7 nitrogen and oxygen atoms in total. The van der Waals surface area contributed by atoms with E-state index in [4.69, 9.17) is 5.11 Å². The van der Waals surface area contributed by atoms with Crippen molar-refractivity contribution in [2.45, 2.75) is 0 Å². The lowest BCUT2D eigenvalue weighted by Crippen LogP contribution is -2.16. The van der Waals surface area contributed by atoms with Crippen LogP contribution in [0.2, 0.25) is 0 Å². The summed E-state index contributed by atoms with van der Waals surface area (Å²) >= 11 is 0. The second-order valence-electron chi connectivity index (χ2n) is 3.01. The Labute approximate surface area is 89.2 Å². The number of pyridine rings is 1. The first kappa shape index (κ1) is 9.97. The highest BCUT2D eigenvalue weighted by Crippen LogP contribution is 2.06. The van der Waals surface area contributed by atoms with E-state index in [1.54, 1.807) is 6.20 Å². The molecular weight excluding hydrogens is 212 g/mol. The Morgan fingerprint density at radius 2 is 2.25 bits per heavy atom. The molecule has 0 spiro atoms. The Kier molecular flexibility index (Phi) is 2.42. The van der Waals surface area contributed by atoms with Crippen molar-refractivity contribution >= 4 is 11.9 Å². The van der Waals surface area contributed by atoms with Crippen molar-refractivity contribution in [3.63, 3.8) is 0 Å². The van der Waals surface area contributed by atoms with Gasteiger partial charge in [0, 0.05) is 24.5 Å². The van der Waals surface area contributed by atoms with Gasteiger partial charge in [0.1, 0.15) is 0 Å². The molecule has 16 heavy (non-hydrogen) atoms. The van der Waals surface area contributed by atoms with E-state index < -0.39 is 11.5 Å². The quantitative estimate of drug-likeness (QED) is 0.573. The molecule has 7 heteroatoms. The fourth-order valence-electron chi connectivity index (χ4n) is 1.17. The molecule has 2 aromatic rings. The fraction of sp³-hybridized carbons (Fsp3) is 0. The van der Waals surface area contributed by atoms with Crippen LogP contribution in [0.3, 0.4) is 0 Å². The summed E-state index contributed by atoms with van der Waals surface area (Å²) in [6.45, 7) is 0. The number of amides is 1. The molecule has 0 aliphatic carbocycles. The van der Waals surface area contributed by atoms with E-state index in [9.17, 15) is 9.59 Å². The van der Waals surface area contributed by atoms with E-state index >= 15 is 0 Å². The van der Waals surface area contributed by atoms with Gasteiger partial charge in [-0.1, -0.05) is 0 Å². The number of hydrogen-bond donors (Lipinski definition) is 4. The lowest BCUT2D eigenvalue weighted by Gasteiger charge is -2.01. The maximum absolute atomic E-state index is 11.6. The Morgan fingerprint density at radius 1 is 1.44 bits per heavy atom. The lowest BCUT2D eigenvalue weighted by atomic mass is 10.2. The van der Waals surface area contributed by atoms with Crippen molar-refractivity contribution in [3.8, 4) is 5.88 Å². The van der Waals surface area contributed by atoms with Crippen LogP contribution >= 0.6 is 0 Å². The van der Waals surface area contributed by atoms with Gasteiger partial charge in [-0.3, -0.25) is 19.9 Å². The number of nitrogens with zero attached hydrogens (tertiary/aromatic N) is 1. The molecule has 4 N–H and O–H groups in total. The highest BCUT2D eigenvalue weighted by molar-refractivity contribution is 6.03. The third-order valence-corrected chi connectivity index (χ3v) is 1.82. The predicted molar refractivity (Wildman–Crippen MR) is 55.3 cm³/mol. The van der Waals surface area contributed by atoms with E-state index in [0.717, 1.165) is 12.1 Å². The minimum absolute atomic E-state index is 0.0534. The van der Waals surface area contributed by atoms with E-state index in [2.05, 4.69) is 20.3 Å². The fourth-order valence-corrected chi connectivity index (χ4v) is 1.17. The predicted octanol–water partition coefficient (Wildman–Crippen LogP) is 0.0559. The van der Waals surface area contributed by atoms with E-state index in [0.29, 0.717) is 0 Å². The second kappa shape index (κ2) is 3.89. The van der Waals surface area contributed by atoms with Crippen LogP contribution in [0.1, 0.15) is 10.4 Å². The average molecular weight is 220 g/mol. The summed E-state index contributed by atoms with van der Waals surface area (Å²) in [5.41, 5.74) is -0.498. The number of aromatic hydroxyl groups is 1. The molecule has 0 radical (unpaired) electrons. The van der Waals surface area contributed by atoms with Crippen LogP contribution < -0.4 is 10.9 Å². The molecule has 0 unspecified atom stereocenters. The van der Waals surface area contributed by atoms with Crippen LogP contribution in [0.15, 0.2) is 29.3 Å². The van der Waals surface area contributed by atoms with E-state index in [1.165, 1.54) is 6.20 Å². The number of hydrogen-bond acceptors (Lipinski definition) is 4. The summed E-state index contributed by atoms with van der Waals surface area (Å²) in [7, 11) is 0. The van der Waals surface area contributed by atoms with Crippen molar-refractivity contribution in [3.05, 3.63) is 40.4 Å². The molecule has 0 saturated heterocycles. The zero-order valence-electron chi connectivity index (χ0n) is 8.02. The number of carbonyl (C=O) groups is 1. The standard InChI is InChI=1S/C9H8N4O3/c14-6-3-5(4-7(15)12-6)8(16)13-9-10-1-2-11-9/h1-4H,(H2,12,14,15)(H2,10,11,13,16). The van der Waals surface area contributed by atoms with Crippen LogP contribution in [0.5, 0.6) is 5.88 Å². The van der Waals surface area contributed by atoms with Crippen molar-refractivity contribution in [2.75, 3.05) is 5.32 Å². The Hall–Kier alpha value is -2.57. The monoisotopic (exact) mass is 220 g/mol. The van der Waals surface area contributed by atoms with Gasteiger partial charge in [-0.2, -0.15) is 0 Å². The topological polar surface area (TPSA) is 111 Å². The summed E-state index contributed by atoms with van der Waals surface area (Å²) in [5, 5.41) is 11.5. The SMILES string of the molecule is O=C(Nc1ncc[nH]1)c1cc(O)[nH]c(=O)c1. The van der Waals surface area contributed by atoms with Crippen molar-refractivity contribution < 1.29 is 9.90 Å². The Balaban J connectivity index is 2.24. The molecule has 0 aromatic carbocycles. The average Bonchev–Trinajstić information content (AvgIpc) is 2.68. The summed E-state index contributed by atoms with van der Waals surface area (Å²) in [5.74, 6) is -0.627. The minimum Gasteiger partial charge on any atom is -0.494 e. The molecule has 0 atom stereocenters. The first-order valence-corrected chi connectivity index (χ1v) is 4.39. The molecule has 0 fully saturated rings. The summed E-state index contributed by atoms with van der Waals surface area (Å²) in [6.07, 6.45) is 3.02. The molecule has 0 aliphatic heterocycles. The maximum atomic E-state index is 11.6. The number of imidazole rings is 1. The number of aromatic amines is 2. The number of nitrogens with one attached hydrogen (secondary N) is 3. The zero-order valence-corrected chi connectivity index (χ0v) is 8.02. The number of rotatable bonds is 2. The molecule has 82 valence electrons. The summed E-state index contributed by atoms with van der Waals surface area (Å²) in [6, 6.07) is 2.23. The van der Waals surface area contributed by atoms with Gasteiger partial charge in [-0.05, 0) is 0 Å². The van der Waals surface area contributed by atoms with Gasteiger partial charge in [0.15, 0.2) is 5.88 Å². The third-order valence-electron chi connectivity index (χ3n) is 1.82. The van der Waals surface area contributed by atoms with Gasteiger partial charge in [0.05, 0.1) is 5.56 Å². The van der Waals surface area contributed by atoms with Crippen molar-refractivity contribution in [2.24, 2.45) is 0 Å². The normalized spacial score (nSPS) is 10.0. The largest absolute Gasteiger partial charge is 0.494 e. The van der Waals surface area contributed by atoms with E-state index in [1.807, 2.05) is 0 Å². The molecule has 2 aromatic heterocycles. The van der Waals surface area contributed by atoms with Gasteiger partial charge in [0.25, 0.3) is 11.5 Å². The van der Waals surface area contributed by atoms with Crippen LogP contribution in [0.25, 0.3) is 0 Å². The summed E-state index contributed by atoms with van der Waals surface area (Å²) in [4.78, 5) is 31.2. The first-order chi connectivity index (χ1) is 7.65. The molecule has 0 bridgehead atoms. The van der Waals surface area contributed by atoms with Crippen molar-refractivity contribution in [1.82, 2.24) is 15.0 Å². The third kappa shape index (κ3) is 2.08. The van der Waals surface area contributed by atoms with Crippen LogP contribution in [-0.2, 0) is 0 Å². The number of aromatic nitrogens is 3. The Bertz CT molecular complexity index is 558. The molecule has 2 heterocycles. The van der Waals surface area contributed by atoms with Crippen LogP contribution in [-0.4, -0.2) is 26.0 Å².